The van der Waals surface area contributed by atoms with Crippen LogP contribution in [0.15, 0.2) is 34.9 Å². The summed E-state index contributed by atoms with van der Waals surface area (Å²) in [5.41, 5.74) is 2.14. The molecule has 8 heteroatoms. The van der Waals surface area contributed by atoms with Crippen LogP contribution in [0.4, 0.5) is 5.69 Å². The number of hydrogen-bond donors (Lipinski definition) is 1. The van der Waals surface area contributed by atoms with Crippen LogP contribution in [0.5, 0.6) is 5.75 Å². The number of ether oxygens (including phenoxy) is 1. The van der Waals surface area contributed by atoms with E-state index in [-0.39, 0.29) is 5.91 Å². The van der Waals surface area contributed by atoms with Gasteiger partial charge in [-0.2, -0.15) is 0 Å². The van der Waals surface area contributed by atoms with E-state index in [2.05, 4.69) is 37.3 Å². The molecule has 1 aromatic carbocycles. The standard InChI is InChI=1S/C28H41N5O3/c1-35-27-8-4-3-7-26(27)32-13-15-33(16-14-32)28(34)18-22-9-10-29-20-23(22)17-24-19-25(36-30-24)21-31-11-5-2-6-12-31/h3-4,7-8,19,22-23,29H,2,5-6,9-18,20-21H2,1H3. The van der Waals surface area contributed by atoms with Crippen molar-refractivity contribution in [3.05, 3.63) is 41.8 Å². The molecule has 0 aliphatic carbocycles. The molecule has 3 aliphatic rings. The Hall–Kier alpha value is -2.58. The average Bonchev–Trinajstić information content (AvgIpc) is 3.37. The summed E-state index contributed by atoms with van der Waals surface area (Å²) in [5.74, 6) is 2.94. The zero-order valence-corrected chi connectivity index (χ0v) is 21.7. The smallest absolute Gasteiger partial charge is 0.222 e. The van der Waals surface area contributed by atoms with E-state index in [0.29, 0.717) is 18.3 Å². The number of hydrogen-bond acceptors (Lipinski definition) is 7. The minimum Gasteiger partial charge on any atom is -0.495 e. The summed E-state index contributed by atoms with van der Waals surface area (Å²) in [6, 6.07) is 10.3. The second-order valence-corrected chi connectivity index (χ2v) is 10.6. The van der Waals surface area contributed by atoms with Gasteiger partial charge in [0.25, 0.3) is 0 Å². The molecule has 8 nitrogen and oxygen atoms in total. The minimum atomic E-state index is 0.289. The molecule has 1 aromatic heterocycles. The van der Waals surface area contributed by atoms with Crippen LogP contribution in [-0.4, -0.2) is 80.3 Å². The Morgan fingerprint density at radius 3 is 2.69 bits per heavy atom. The molecule has 36 heavy (non-hydrogen) atoms. The van der Waals surface area contributed by atoms with Crippen molar-refractivity contribution in [2.75, 3.05) is 64.4 Å². The predicted octanol–water partition coefficient (Wildman–Crippen LogP) is 3.18. The number of carbonyl (C=O) groups is 1. The highest BCUT2D eigenvalue weighted by atomic mass is 16.5. The first kappa shape index (κ1) is 25.1. The molecule has 2 atom stereocenters. The topological polar surface area (TPSA) is 74.1 Å². The summed E-state index contributed by atoms with van der Waals surface area (Å²) in [7, 11) is 1.71. The van der Waals surface area contributed by atoms with Gasteiger partial charge in [0, 0.05) is 38.7 Å². The van der Waals surface area contributed by atoms with E-state index in [1.165, 1.54) is 19.3 Å². The van der Waals surface area contributed by atoms with Crippen LogP contribution in [0.3, 0.4) is 0 Å². The Kier molecular flexibility index (Phi) is 8.43. The van der Waals surface area contributed by atoms with Crippen molar-refractivity contribution in [1.82, 2.24) is 20.3 Å². The lowest BCUT2D eigenvalue weighted by Crippen LogP contribution is -2.50. The summed E-state index contributed by atoms with van der Waals surface area (Å²) in [5, 5.41) is 7.92. The first-order chi connectivity index (χ1) is 17.7. The lowest BCUT2D eigenvalue weighted by Gasteiger charge is -2.38. The van der Waals surface area contributed by atoms with Crippen LogP contribution in [0.1, 0.15) is 43.6 Å². The zero-order valence-electron chi connectivity index (χ0n) is 21.7. The fourth-order valence-corrected chi connectivity index (χ4v) is 6.06. The molecule has 196 valence electrons. The van der Waals surface area contributed by atoms with E-state index in [0.717, 1.165) is 94.6 Å². The number of amides is 1. The van der Waals surface area contributed by atoms with E-state index in [1.54, 1.807) is 7.11 Å². The second-order valence-electron chi connectivity index (χ2n) is 10.6. The van der Waals surface area contributed by atoms with Gasteiger partial charge in [0.15, 0.2) is 5.76 Å². The molecule has 0 radical (unpaired) electrons. The van der Waals surface area contributed by atoms with Gasteiger partial charge in [-0.1, -0.05) is 23.7 Å². The summed E-state index contributed by atoms with van der Waals surface area (Å²) >= 11 is 0. The maximum absolute atomic E-state index is 13.3. The van der Waals surface area contributed by atoms with Crippen molar-refractivity contribution < 1.29 is 14.1 Å². The Balaban J connectivity index is 1.12. The number of likely N-dealkylation sites (tertiary alicyclic amines) is 1. The Morgan fingerprint density at radius 1 is 1.08 bits per heavy atom. The van der Waals surface area contributed by atoms with Gasteiger partial charge >= 0.3 is 0 Å². The minimum absolute atomic E-state index is 0.289. The fourth-order valence-electron chi connectivity index (χ4n) is 6.06. The number of nitrogens with one attached hydrogen (secondary N) is 1. The van der Waals surface area contributed by atoms with Crippen molar-refractivity contribution in [3.8, 4) is 5.75 Å². The van der Waals surface area contributed by atoms with Crippen LogP contribution < -0.4 is 15.0 Å². The number of rotatable bonds is 8. The summed E-state index contributed by atoms with van der Waals surface area (Å²) in [6.45, 7) is 8.27. The van der Waals surface area contributed by atoms with Crippen molar-refractivity contribution in [1.29, 1.82) is 0 Å². The number of piperidine rings is 2. The maximum atomic E-state index is 13.3. The van der Waals surface area contributed by atoms with Gasteiger partial charge in [-0.25, -0.2) is 0 Å². The van der Waals surface area contributed by atoms with Crippen LogP contribution in [-0.2, 0) is 17.8 Å². The average molecular weight is 496 g/mol. The van der Waals surface area contributed by atoms with E-state index in [1.807, 2.05) is 18.2 Å². The van der Waals surface area contributed by atoms with Gasteiger partial charge in [-0.15, -0.1) is 0 Å². The van der Waals surface area contributed by atoms with Crippen molar-refractivity contribution in [2.24, 2.45) is 11.8 Å². The van der Waals surface area contributed by atoms with Gasteiger partial charge < -0.3 is 24.4 Å². The molecule has 3 aliphatic heterocycles. The third-order valence-electron chi connectivity index (χ3n) is 8.17. The molecular formula is C28H41N5O3. The largest absolute Gasteiger partial charge is 0.495 e. The van der Waals surface area contributed by atoms with Crippen molar-refractivity contribution >= 4 is 11.6 Å². The predicted molar refractivity (Wildman–Crippen MR) is 140 cm³/mol. The third kappa shape index (κ3) is 6.21. The van der Waals surface area contributed by atoms with Crippen molar-refractivity contribution in [3.63, 3.8) is 0 Å². The molecule has 1 amide bonds. The third-order valence-corrected chi connectivity index (χ3v) is 8.17. The van der Waals surface area contributed by atoms with Gasteiger partial charge in [-0.05, 0) is 75.8 Å². The molecule has 1 N–H and O–H groups in total. The molecule has 5 rings (SSSR count). The van der Waals surface area contributed by atoms with Gasteiger partial charge in [0.2, 0.25) is 5.91 Å². The Labute approximate surface area is 214 Å². The number of carbonyl (C=O) groups excluding carboxylic acids is 1. The van der Waals surface area contributed by atoms with E-state index in [9.17, 15) is 4.79 Å². The van der Waals surface area contributed by atoms with E-state index < -0.39 is 0 Å². The molecule has 4 heterocycles. The lowest BCUT2D eigenvalue weighted by molar-refractivity contribution is -0.133. The molecule has 2 unspecified atom stereocenters. The van der Waals surface area contributed by atoms with Crippen LogP contribution in [0.25, 0.3) is 0 Å². The van der Waals surface area contributed by atoms with E-state index >= 15 is 0 Å². The number of piperazine rings is 1. The highest BCUT2D eigenvalue weighted by Crippen LogP contribution is 2.30. The van der Waals surface area contributed by atoms with Gasteiger partial charge in [0.1, 0.15) is 5.75 Å². The highest BCUT2D eigenvalue weighted by molar-refractivity contribution is 5.77. The zero-order chi connectivity index (χ0) is 24.7. The molecule has 0 spiro atoms. The number of aromatic nitrogens is 1. The molecule has 0 saturated carbocycles. The Bertz CT molecular complexity index is 981. The van der Waals surface area contributed by atoms with Crippen LogP contribution >= 0.6 is 0 Å². The maximum Gasteiger partial charge on any atom is 0.222 e. The van der Waals surface area contributed by atoms with Crippen LogP contribution in [0, 0.1) is 11.8 Å². The summed E-state index contributed by atoms with van der Waals surface area (Å²) in [4.78, 5) is 20.1. The first-order valence-electron chi connectivity index (χ1n) is 13.7. The molecule has 3 saturated heterocycles. The normalized spacial score (nSPS) is 23.6. The second kappa shape index (κ2) is 12.1. The Morgan fingerprint density at radius 2 is 1.89 bits per heavy atom. The van der Waals surface area contributed by atoms with Crippen molar-refractivity contribution in [2.45, 2.75) is 45.1 Å². The quantitative estimate of drug-likeness (QED) is 0.603. The molecule has 2 aromatic rings. The van der Waals surface area contributed by atoms with Gasteiger partial charge in [0.05, 0.1) is 25.0 Å². The van der Waals surface area contributed by atoms with E-state index in [4.69, 9.17) is 9.26 Å². The number of nitrogens with zero attached hydrogens (tertiary/aromatic N) is 4. The fraction of sp³-hybridized carbons (Fsp3) is 0.643. The highest BCUT2D eigenvalue weighted by Gasteiger charge is 2.31. The van der Waals surface area contributed by atoms with Crippen LogP contribution in [0.2, 0.25) is 0 Å². The number of para-hydroxylation sites is 2. The summed E-state index contributed by atoms with van der Waals surface area (Å²) in [6.07, 6.45) is 6.43. The monoisotopic (exact) mass is 495 g/mol. The SMILES string of the molecule is COc1ccccc1N1CCN(C(=O)CC2CCNCC2Cc2cc(CN3CCCCC3)on2)CC1. The van der Waals surface area contributed by atoms with Gasteiger partial charge in [-0.3, -0.25) is 9.69 Å². The molecular weight excluding hydrogens is 454 g/mol. The lowest BCUT2D eigenvalue weighted by atomic mass is 9.81. The molecule has 0 bridgehead atoms. The number of benzene rings is 1. The summed E-state index contributed by atoms with van der Waals surface area (Å²) < 4.78 is 11.2. The molecule has 3 fully saturated rings. The number of anilines is 1. The number of methoxy groups -OCH3 is 1. The first-order valence-corrected chi connectivity index (χ1v) is 13.7.